The summed E-state index contributed by atoms with van der Waals surface area (Å²) >= 11 is 0. The highest BCUT2D eigenvalue weighted by Crippen LogP contribution is 2.33. The average molecular weight is 550 g/mol. The van der Waals surface area contributed by atoms with E-state index in [4.69, 9.17) is 0 Å². The lowest BCUT2D eigenvalue weighted by molar-refractivity contribution is -0.130. The molecular formula is C28H32FN7O4. The first-order valence-corrected chi connectivity index (χ1v) is 13.4. The van der Waals surface area contributed by atoms with Crippen LogP contribution in [0.2, 0.25) is 0 Å². The largest absolute Gasteiger partial charge is 0.356 e. The van der Waals surface area contributed by atoms with Crippen LogP contribution in [0.15, 0.2) is 42.9 Å². The molecule has 0 bridgehead atoms. The number of carbonyl (C=O) groups excluding carboxylic acids is 4. The predicted molar refractivity (Wildman–Crippen MR) is 141 cm³/mol. The smallest absolute Gasteiger partial charge is 0.272 e. The molecule has 1 aliphatic carbocycles. The Kier molecular flexibility index (Phi) is 9.72. The topological polar surface area (TPSA) is 166 Å². The summed E-state index contributed by atoms with van der Waals surface area (Å²) in [5.41, 5.74) is 0.606. The second kappa shape index (κ2) is 13.6. The monoisotopic (exact) mass is 549 g/mol. The van der Waals surface area contributed by atoms with Crippen molar-refractivity contribution in [1.82, 2.24) is 31.2 Å². The fraction of sp³-hybridized carbons (Fsp3) is 0.464. The van der Waals surface area contributed by atoms with Crippen molar-refractivity contribution in [1.29, 1.82) is 5.26 Å². The molecule has 2 fully saturated rings. The first-order valence-electron chi connectivity index (χ1n) is 13.4. The van der Waals surface area contributed by atoms with Crippen LogP contribution in [-0.4, -0.2) is 58.3 Å². The van der Waals surface area contributed by atoms with Gasteiger partial charge in [-0.05, 0) is 49.3 Å². The minimum absolute atomic E-state index is 0.00953. The summed E-state index contributed by atoms with van der Waals surface area (Å²) in [6.07, 6.45) is 7.90. The minimum Gasteiger partial charge on any atom is -0.356 e. The number of amides is 4. The second-order valence-electron chi connectivity index (χ2n) is 10.2. The van der Waals surface area contributed by atoms with E-state index in [0.29, 0.717) is 24.9 Å². The van der Waals surface area contributed by atoms with Crippen molar-refractivity contribution in [3.8, 4) is 6.07 Å². The number of nitriles is 1. The molecule has 0 spiro atoms. The lowest BCUT2D eigenvalue weighted by Gasteiger charge is -2.26. The molecule has 12 heteroatoms. The Bertz CT molecular complexity index is 1250. The van der Waals surface area contributed by atoms with Crippen molar-refractivity contribution in [3.63, 3.8) is 0 Å². The number of hydrogen-bond acceptors (Lipinski definition) is 7. The van der Waals surface area contributed by atoms with Crippen molar-refractivity contribution in [2.75, 3.05) is 6.54 Å². The highest BCUT2D eigenvalue weighted by molar-refractivity contribution is 5.97. The van der Waals surface area contributed by atoms with Gasteiger partial charge in [0.25, 0.3) is 5.91 Å². The van der Waals surface area contributed by atoms with Crippen LogP contribution in [0.25, 0.3) is 0 Å². The van der Waals surface area contributed by atoms with Crippen LogP contribution in [0.1, 0.15) is 54.6 Å². The standard InChI is InChI=1S/C28H32FN7O4/c29-20-7-5-18(6-8-20)13-23(36-28(40)24-16-31-10-11-32-24)27(39)35-22(12-17-3-4-17)26(38)34-21(15-30)14-19-2-1-9-33-25(19)37/h5-8,10-11,16-17,19,21-23H,1-4,9,12-14H2,(H,33,37)(H,34,38)(H,35,39)(H,36,40)/t19-,21-,22-,23-/m0/s1. The maximum Gasteiger partial charge on any atom is 0.272 e. The average Bonchev–Trinajstić information content (AvgIpc) is 3.78. The van der Waals surface area contributed by atoms with E-state index in [1.54, 1.807) is 0 Å². The van der Waals surface area contributed by atoms with E-state index in [0.717, 1.165) is 19.3 Å². The van der Waals surface area contributed by atoms with Crippen LogP contribution < -0.4 is 21.3 Å². The molecule has 11 nitrogen and oxygen atoms in total. The molecule has 1 aromatic heterocycles. The lowest BCUT2D eigenvalue weighted by atomic mass is 9.92. The zero-order chi connectivity index (χ0) is 28.5. The van der Waals surface area contributed by atoms with Crippen molar-refractivity contribution < 1.29 is 23.6 Å². The number of hydrogen-bond donors (Lipinski definition) is 4. The van der Waals surface area contributed by atoms with E-state index in [1.165, 1.54) is 42.9 Å². The van der Waals surface area contributed by atoms with Gasteiger partial charge in [0.1, 0.15) is 29.6 Å². The fourth-order valence-electron chi connectivity index (χ4n) is 4.67. The highest BCUT2D eigenvalue weighted by Gasteiger charge is 2.34. The van der Waals surface area contributed by atoms with Gasteiger partial charge in [-0.25, -0.2) is 9.37 Å². The number of benzene rings is 1. The van der Waals surface area contributed by atoms with Crippen LogP contribution in [0.4, 0.5) is 4.39 Å². The van der Waals surface area contributed by atoms with Gasteiger partial charge in [-0.3, -0.25) is 24.2 Å². The lowest BCUT2D eigenvalue weighted by Crippen LogP contribution is -2.55. The van der Waals surface area contributed by atoms with E-state index in [-0.39, 0.29) is 36.3 Å². The molecule has 2 heterocycles. The summed E-state index contributed by atoms with van der Waals surface area (Å²) in [5.74, 6) is -2.45. The molecule has 1 aromatic carbocycles. The van der Waals surface area contributed by atoms with Gasteiger partial charge in [-0.1, -0.05) is 25.0 Å². The Hall–Kier alpha value is -4.40. The van der Waals surface area contributed by atoms with E-state index in [9.17, 15) is 28.8 Å². The molecule has 1 saturated heterocycles. The van der Waals surface area contributed by atoms with Crippen LogP contribution in [-0.2, 0) is 20.8 Å². The number of piperidine rings is 1. The fourth-order valence-corrected chi connectivity index (χ4v) is 4.67. The molecule has 4 rings (SSSR count). The highest BCUT2D eigenvalue weighted by atomic mass is 19.1. The third-order valence-electron chi connectivity index (χ3n) is 7.06. The third kappa shape index (κ3) is 8.30. The molecule has 1 aliphatic heterocycles. The summed E-state index contributed by atoms with van der Waals surface area (Å²) in [6.45, 7) is 0.598. The Morgan fingerprint density at radius 1 is 1.02 bits per heavy atom. The minimum atomic E-state index is -1.10. The van der Waals surface area contributed by atoms with Gasteiger partial charge in [-0.15, -0.1) is 0 Å². The van der Waals surface area contributed by atoms with Gasteiger partial charge < -0.3 is 21.3 Å². The maximum atomic E-state index is 13.5. The normalized spacial score (nSPS) is 18.8. The summed E-state index contributed by atoms with van der Waals surface area (Å²) in [5, 5.41) is 20.5. The molecule has 4 amide bonds. The van der Waals surface area contributed by atoms with Crippen molar-refractivity contribution in [2.24, 2.45) is 11.8 Å². The van der Waals surface area contributed by atoms with E-state index >= 15 is 0 Å². The van der Waals surface area contributed by atoms with Gasteiger partial charge in [-0.2, -0.15) is 5.26 Å². The maximum absolute atomic E-state index is 13.5. The van der Waals surface area contributed by atoms with Gasteiger partial charge in [0, 0.05) is 31.3 Å². The van der Waals surface area contributed by atoms with Gasteiger partial charge in [0.15, 0.2) is 0 Å². The molecule has 40 heavy (non-hydrogen) atoms. The molecule has 4 N–H and O–H groups in total. The molecule has 1 saturated carbocycles. The zero-order valence-electron chi connectivity index (χ0n) is 21.9. The van der Waals surface area contributed by atoms with Gasteiger partial charge in [0.05, 0.1) is 12.3 Å². The molecule has 4 atom stereocenters. The molecule has 2 aliphatic rings. The van der Waals surface area contributed by atoms with Crippen molar-refractivity contribution in [2.45, 2.75) is 63.1 Å². The molecule has 2 aromatic rings. The Morgan fingerprint density at radius 2 is 1.77 bits per heavy atom. The molecule has 210 valence electrons. The Labute approximate surface area is 231 Å². The summed E-state index contributed by atoms with van der Waals surface area (Å²) in [4.78, 5) is 59.5. The third-order valence-corrected chi connectivity index (χ3v) is 7.06. The number of carbonyl (C=O) groups is 4. The van der Waals surface area contributed by atoms with Crippen molar-refractivity contribution in [3.05, 3.63) is 59.9 Å². The second-order valence-corrected chi connectivity index (χ2v) is 10.2. The number of aromatic nitrogens is 2. The van der Waals surface area contributed by atoms with E-state index in [2.05, 4.69) is 37.3 Å². The number of nitrogens with one attached hydrogen (secondary N) is 4. The quantitative estimate of drug-likeness (QED) is 0.308. The zero-order valence-corrected chi connectivity index (χ0v) is 21.9. The van der Waals surface area contributed by atoms with E-state index in [1.807, 2.05) is 0 Å². The SMILES string of the molecule is N#C[C@H](C[C@@H]1CCCNC1=O)NC(=O)[C@H](CC1CC1)NC(=O)[C@H](Cc1ccc(F)cc1)NC(=O)c1cnccn1. The Morgan fingerprint density at radius 3 is 2.42 bits per heavy atom. The van der Waals surface area contributed by atoms with Crippen LogP contribution in [0.5, 0.6) is 0 Å². The predicted octanol–water partition coefficient (Wildman–Crippen LogP) is 1.17. The summed E-state index contributed by atoms with van der Waals surface area (Å²) in [6, 6.07) is 4.65. The number of nitrogens with zero attached hydrogens (tertiary/aromatic N) is 3. The van der Waals surface area contributed by atoms with Crippen LogP contribution in [0.3, 0.4) is 0 Å². The molecule has 0 unspecified atom stereocenters. The number of rotatable bonds is 12. The number of halogens is 1. The van der Waals surface area contributed by atoms with Gasteiger partial charge in [0.2, 0.25) is 17.7 Å². The van der Waals surface area contributed by atoms with E-state index < -0.39 is 41.7 Å². The molecular weight excluding hydrogens is 517 g/mol. The Balaban J connectivity index is 1.46. The van der Waals surface area contributed by atoms with Gasteiger partial charge >= 0.3 is 0 Å². The summed E-state index contributed by atoms with van der Waals surface area (Å²) in [7, 11) is 0. The van der Waals surface area contributed by atoms with Crippen LogP contribution >= 0.6 is 0 Å². The summed E-state index contributed by atoms with van der Waals surface area (Å²) < 4.78 is 13.5. The van der Waals surface area contributed by atoms with Crippen molar-refractivity contribution >= 4 is 23.6 Å². The molecule has 0 radical (unpaired) electrons. The first-order chi connectivity index (χ1) is 19.3. The van der Waals surface area contributed by atoms with Crippen LogP contribution in [0, 0.1) is 29.0 Å². The first kappa shape index (κ1) is 28.6.